The minimum absolute atomic E-state index is 0.167. The van der Waals surface area contributed by atoms with Gasteiger partial charge < -0.3 is 18.6 Å². The topological polar surface area (TPSA) is 109 Å². The maximum Gasteiger partial charge on any atom is 0.338 e. The summed E-state index contributed by atoms with van der Waals surface area (Å²) in [7, 11) is 0. The van der Waals surface area contributed by atoms with Crippen molar-refractivity contribution in [1.82, 2.24) is 4.57 Å². The molecule has 0 aliphatic carbocycles. The highest BCUT2D eigenvalue weighted by Crippen LogP contribution is 2.36. The number of benzene rings is 1. The van der Waals surface area contributed by atoms with Crippen LogP contribution in [-0.2, 0) is 14.3 Å². The van der Waals surface area contributed by atoms with Gasteiger partial charge in [0.2, 0.25) is 0 Å². The monoisotopic (exact) mass is 510 g/mol. The number of furan rings is 1. The van der Waals surface area contributed by atoms with Crippen LogP contribution in [0.1, 0.15) is 50.8 Å². The molecule has 1 unspecified atom stereocenters. The Morgan fingerprint density at radius 2 is 1.92 bits per heavy atom. The Labute approximate surface area is 210 Å². The van der Waals surface area contributed by atoms with E-state index in [9.17, 15) is 14.4 Å². The number of allylic oxidation sites excluding steroid dienone is 1. The van der Waals surface area contributed by atoms with Crippen molar-refractivity contribution in [3.05, 3.63) is 78.4 Å². The van der Waals surface area contributed by atoms with Gasteiger partial charge in [0.25, 0.3) is 5.56 Å². The summed E-state index contributed by atoms with van der Waals surface area (Å²) in [6, 6.07) is 7.71. The number of nitrogens with zero attached hydrogens (tertiary/aromatic N) is 2. The largest absolute Gasteiger partial charge is 0.490 e. The molecule has 0 saturated carbocycles. The van der Waals surface area contributed by atoms with Gasteiger partial charge in [-0.3, -0.25) is 14.2 Å². The number of ether oxygens (including phenoxy) is 3. The van der Waals surface area contributed by atoms with E-state index in [0.717, 1.165) is 5.76 Å². The van der Waals surface area contributed by atoms with Gasteiger partial charge in [0.05, 0.1) is 35.1 Å². The Kier molecular flexibility index (Phi) is 7.25. The predicted octanol–water partition coefficient (Wildman–Crippen LogP) is 3.02. The summed E-state index contributed by atoms with van der Waals surface area (Å²) < 4.78 is 23.8. The molecule has 1 aromatic carbocycles. The first-order valence-corrected chi connectivity index (χ1v) is 12.3. The molecule has 2 aromatic heterocycles. The van der Waals surface area contributed by atoms with E-state index in [0.29, 0.717) is 38.7 Å². The van der Waals surface area contributed by atoms with Crippen molar-refractivity contribution >= 4 is 29.4 Å². The van der Waals surface area contributed by atoms with Gasteiger partial charge in [-0.05, 0) is 57.5 Å². The van der Waals surface area contributed by atoms with Gasteiger partial charge in [-0.15, -0.1) is 0 Å². The van der Waals surface area contributed by atoms with E-state index < -0.39 is 18.0 Å². The van der Waals surface area contributed by atoms with E-state index in [-0.39, 0.29) is 23.5 Å². The zero-order chi connectivity index (χ0) is 26.0. The Hall–Kier alpha value is -3.92. The molecule has 4 rings (SSSR count). The van der Waals surface area contributed by atoms with Crippen molar-refractivity contribution < 1.29 is 28.2 Å². The minimum atomic E-state index is -0.827. The summed E-state index contributed by atoms with van der Waals surface area (Å²) in [5.74, 6) is 0.765. The van der Waals surface area contributed by atoms with E-state index in [1.165, 1.54) is 22.8 Å². The fraction of sp³-hybridized carbons (Fsp3) is 0.308. The summed E-state index contributed by atoms with van der Waals surface area (Å²) in [4.78, 5) is 43.2. The third-order valence-corrected chi connectivity index (χ3v) is 6.37. The third kappa shape index (κ3) is 4.90. The number of aromatic nitrogens is 1. The van der Waals surface area contributed by atoms with E-state index in [1.807, 2.05) is 13.0 Å². The Morgan fingerprint density at radius 1 is 1.14 bits per heavy atom. The molecule has 1 atom stereocenters. The molecule has 1 aliphatic rings. The molecule has 0 radical (unpaired) electrons. The smallest absolute Gasteiger partial charge is 0.338 e. The minimum Gasteiger partial charge on any atom is -0.490 e. The molecule has 3 heterocycles. The molecule has 9 nitrogen and oxygen atoms in total. The standard InChI is InChI=1S/C26H26N2O7S/c1-6-32-20-12-17(9-11-19(20)35-16(5)29)23-22(25(31)33-7-2)15(4)27-26-28(23)24(30)21(36-26)13-18-10-8-14(3)34-18/h8-13,23H,6-7H2,1-5H3/b21-13-. The first-order valence-electron chi connectivity index (χ1n) is 11.4. The lowest BCUT2D eigenvalue weighted by molar-refractivity contribution is -0.139. The summed E-state index contributed by atoms with van der Waals surface area (Å²) >= 11 is 1.20. The number of rotatable bonds is 7. The number of carbonyl (C=O) groups is 2. The number of esters is 2. The molecule has 0 saturated heterocycles. The molecule has 188 valence electrons. The van der Waals surface area contributed by atoms with Crippen molar-refractivity contribution in [2.75, 3.05) is 13.2 Å². The number of hydrogen-bond acceptors (Lipinski definition) is 9. The molecule has 36 heavy (non-hydrogen) atoms. The highest BCUT2D eigenvalue weighted by atomic mass is 32.1. The maximum absolute atomic E-state index is 13.6. The third-order valence-electron chi connectivity index (χ3n) is 5.39. The van der Waals surface area contributed by atoms with E-state index >= 15 is 0 Å². The second kappa shape index (κ2) is 10.4. The Balaban J connectivity index is 1.95. The Morgan fingerprint density at radius 3 is 2.56 bits per heavy atom. The van der Waals surface area contributed by atoms with Crippen LogP contribution in [0, 0.1) is 6.92 Å². The highest BCUT2D eigenvalue weighted by molar-refractivity contribution is 7.07. The molecular weight excluding hydrogens is 484 g/mol. The van der Waals surface area contributed by atoms with Crippen LogP contribution in [-0.4, -0.2) is 29.7 Å². The molecule has 0 N–H and O–H groups in total. The van der Waals surface area contributed by atoms with E-state index in [4.69, 9.17) is 18.6 Å². The van der Waals surface area contributed by atoms with Crippen molar-refractivity contribution in [2.45, 2.75) is 40.7 Å². The van der Waals surface area contributed by atoms with Crippen LogP contribution < -0.4 is 24.4 Å². The average molecular weight is 511 g/mol. The van der Waals surface area contributed by atoms with Gasteiger partial charge in [-0.2, -0.15) is 0 Å². The second-order valence-corrected chi connectivity index (χ2v) is 8.99. The maximum atomic E-state index is 13.6. The summed E-state index contributed by atoms with van der Waals surface area (Å²) in [6.45, 7) is 8.84. The molecule has 0 spiro atoms. The van der Waals surface area contributed by atoms with Crippen molar-refractivity contribution in [3.63, 3.8) is 0 Å². The van der Waals surface area contributed by atoms with Crippen LogP contribution in [0.5, 0.6) is 11.5 Å². The summed E-state index contributed by atoms with van der Waals surface area (Å²) in [6.07, 6.45) is 1.66. The van der Waals surface area contributed by atoms with Crippen molar-refractivity contribution in [3.8, 4) is 11.5 Å². The van der Waals surface area contributed by atoms with E-state index in [1.54, 1.807) is 51.1 Å². The summed E-state index contributed by atoms with van der Waals surface area (Å²) in [5.41, 5.74) is 0.941. The molecule has 10 heteroatoms. The second-order valence-electron chi connectivity index (χ2n) is 7.98. The van der Waals surface area contributed by atoms with Crippen LogP contribution in [0.25, 0.3) is 6.08 Å². The van der Waals surface area contributed by atoms with Crippen molar-refractivity contribution in [2.24, 2.45) is 4.99 Å². The zero-order valence-corrected chi connectivity index (χ0v) is 21.4. The SMILES string of the molecule is CCOC(=O)C1=C(C)N=c2s/c(=C\c3ccc(C)o3)c(=O)n2C1c1ccc(OC(C)=O)c(OCC)c1. The van der Waals surface area contributed by atoms with Gasteiger partial charge >= 0.3 is 11.9 Å². The number of aryl methyl sites for hydroxylation is 1. The van der Waals surface area contributed by atoms with E-state index in [2.05, 4.69) is 4.99 Å². The lowest BCUT2D eigenvalue weighted by Gasteiger charge is -2.25. The Bertz CT molecular complexity index is 1540. The molecule has 0 bridgehead atoms. The van der Waals surface area contributed by atoms with Gasteiger partial charge in [0.15, 0.2) is 16.3 Å². The first-order chi connectivity index (χ1) is 17.2. The fourth-order valence-corrected chi connectivity index (χ4v) is 5.00. The number of carbonyl (C=O) groups excluding carboxylic acids is 2. The number of fused-ring (bicyclic) bond motifs is 1. The zero-order valence-electron chi connectivity index (χ0n) is 20.6. The molecule has 0 fully saturated rings. The van der Waals surface area contributed by atoms with Crippen LogP contribution in [0.15, 0.2) is 55.8 Å². The van der Waals surface area contributed by atoms with Crippen LogP contribution >= 0.6 is 11.3 Å². The molecule has 0 amide bonds. The molecular formula is C26H26N2O7S. The summed E-state index contributed by atoms with van der Waals surface area (Å²) in [5, 5.41) is 0. The van der Waals surface area contributed by atoms with Gasteiger partial charge in [-0.25, -0.2) is 9.79 Å². The molecule has 3 aromatic rings. The van der Waals surface area contributed by atoms with Gasteiger partial charge in [0, 0.05) is 13.0 Å². The first kappa shape index (κ1) is 25.2. The lowest BCUT2D eigenvalue weighted by atomic mass is 9.95. The van der Waals surface area contributed by atoms with Crippen LogP contribution in [0.3, 0.4) is 0 Å². The number of thiazole rings is 1. The quantitative estimate of drug-likeness (QED) is 0.355. The van der Waals surface area contributed by atoms with Gasteiger partial charge in [-0.1, -0.05) is 17.4 Å². The average Bonchev–Trinajstić information content (AvgIpc) is 3.36. The highest BCUT2D eigenvalue weighted by Gasteiger charge is 2.34. The van der Waals surface area contributed by atoms with Crippen molar-refractivity contribution in [1.29, 1.82) is 0 Å². The van der Waals surface area contributed by atoms with Gasteiger partial charge in [0.1, 0.15) is 11.5 Å². The molecule has 1 aliphatic heterocycles. The lowest BCUT2D eigenvalue weighted by Crippen LogP contribution is -2.40. The predicted molar refractivity (Wildman–Crippen MR) is 133 cm³/mol. The number of hydrogen-bond donors (Lipinski definition) is 0. The van der Waals surface area contributed by atoms with Crippen LogP contribution in [0.4, 0.5) is 0 Å². The van der Waals surface area contributed by atoms with Crippen LogP contribution in [0.2, 0.25) is 0 Å². The fourth-order valence-electron chi connectivity index (χ4n) is 3.97. The normalized spacial score (nSPS) is 15.4.